The number of hydrogen-bond donors (Lipinski definition) is 0. The molecule has 0 aliphatic heterocycles. The summed E-state index contributed by atoms with van der Waals surface area (Å²) in [4.78, 5) is 10.4. The lowest BCUT2D eigenvalue weighted by atomic mass is 9.78. The van der Waals surface area contributed by atoms with Crippen LogP contribution in [0.15, 0.2) is 170 Å². The van der Waals surface area contributed by atoms with E-state index in [0.29, 0.717) is 5.82 Å². The van der Waals surface area contributed by atoms with Gasteiger partial charge in [-0.25, -0.2) is 9.97 Å². The molecule has 8 aromatic rings. The molecule has 1 aliphatic rings. The van der Waals surface area contributed by atoms with Crippen LogP contribution in [0.4, 0.5) is 0 Å². The average molecular weight is 627 g/mol. The maximum atomic E-state index is 5.25. The molecule has 0 spiro atoms. The van der Waals surface area contributed by atoms with Gasteiger partial charge in [0.2, 0.25) is 0 Å². The summed E-state index contributed by atoms with van der Waals surface area (Å²) in [5.41, 5.74) is 15.1. The second kappa shape index (κ2) is 11.5. The predicted molar refractivity (Wildman–Crippen MR) is 204 cm³/mol. The number of fused-ring (bicyclic) bond motifs is 4. The first-order valence-electron chi connectivity index (χ1n) is 16.9. The Morgan fingerprint density at radius 2 is 0.857 bits per heavy atom. The highest BCUT2D eigenvalue weighted by atomic mass is 14.9. The Morgan fingerprint density at radius 3 is 1.57 bits per heavy atom. The smallest absolute Gasteiger partial charge is 0.160 e. The Kier molecular flexibility index (Phi) is 6.84. The number of aromatic nitrogens is 2. The highest BCUT2D eigenvalue weighted by Gasteiger charge is 2.37. The van der Waals surface area contributed by atoms with Crippen LogP contribution in [0.1, 0.15) is 25.0 Å². The van der Waals surface area contributed by atoms with E-state index in [-0.39, 0.29) is 5.41 Å². The topological polar surface area (TPSA) is 25.8 Å². The summed E-state index contributed by atoms with van der Waals surface area (Å²) in [7, 11) is 0. The van der Waals surface area contributed by atoms with Gasteiger partial charge >= 0.3 is 0 Å². The largest absolute Gasteiger partial charge is 0.228 e. The van der Waals surface area contributed by atoms with E-state index >= 15 is 0 Å². The SMILES string of the molecule is CC1(C)c2ccccc2-c2cccc(-c3ccc(-c4cc(-c5ccccc5-c5ccccc5)nc(-c5ccccc5)n4)c4ccccc34)c21. The normalized spacial score (nSPS) is 12.9. The van der Waals surface area contributed by atoms with Gasteiger partial charge in [-0.1, -0.05) is 178 Å². The second-order valence-electron chi connectivity index (χ2n) is 13.3. The molecule has 0 atom stereocenters. The zero-order chi connectivity index (χ0) is 33.0. The third kappa shape index (κ3) is 4.79. The van der Waals surface area contributed by atoms with Crippen molar-refractivity contribution in [2.24, 2.45) is 0 Å². The fourth-order valence-corrected chi connectivity index (χ4v) is 7.84. The summed E-state index contributed by atoms with van der Waals surface area (Å²) >= 11 is 0. The van der Waals surface area contributed by atoms with E-state index in [1.165, 1.54) is 44.2 Å². The lowest BCUT2D eigenvalue weighted by molar-refractivity contribution is 0.662. The molecule has 1 heterocycles. The van der Waals surface area contributed by atoms with Gasteiger partial charge in [0.1, 0.15) is 0 Å². The third-order valence-electron chi connectivity index (χ3n) is 10.1. The van der Waals surface area contributed by atoms with Gasteiger partial charge in [-0.15, -0.1) is 0 Å². The van der Waals surface area contributed by atoms with Gasteiger partial charge in [0.05, 0.1) is 11.4 Å². The molecule has 2 heteroatoms. The van der Waals surface area contributed by atoms with Crippen LogP contribution >= 0.6 is 0 Å². The Bertz CT molecular complexity index is 2510. The van der Waals surface area contributed by atoms with Crippen molar-refractivity contribution in [1.29, 1.82) is 0 Å². The maximum Gasteiger partial charge on any atom is 0.160 e. The van der Waals surface area contributed by atoms with E-state index in [0.717, 1.165) is 39.2 Å². The Hall–Kier alpha value is -6.12. The van der Waals surface area contributed by atoms with Crippen molar-refractivity contribution in [2.45, 2.75) is 19.3 Å². The lowest BCUT2D eigenvalue weighted by Crippen LogP contribution is -2.16. The molecule has 0 saturated heterocycles. The molecule has 0 unspecified atom stereocenters. The van der Waals surface area contributed by atoms with Crippen molar-refractivity contribution in [3.05, 3.63) is 181 Å². The predicted octanol–water partition coefficient (Wildman–Crippen LogP) is 12.3. The van der Waals surface area contributed by atoms with Crippen LogP contribution in [0, 0.1) is 0 Å². The summed E-state index contributed by atoms with van der Waals surface area (Å²) in [5.74, 6) is 0.713. The minimum atomic E-state index is -0.111. The molecule has 7 aromatic carbocycles. The van der Waals surface area contributed by atoms with Crippen LogP contribution in [0.5, 0.6) is 0 Å². The first kappa shape index (κ1) is 29.1. The molecule has 232 valence electrons. The lowest BCUT2D eigenvalue weighted by Gasteiger charge is -2.25. The molecule has 0 saturated carbocycles. The van der Waals surface area contributed by atoms with Crippen LogP contribution in [-0.4, -0.2) is 9.97 Å². The molecule has 0 fully saturated rings. The molecule has 0 N–H and O–H groups in total. The standard InChI is InChI=1S/C47H34N2/c1-47(2)42-27-14-13-23-37(42)41-26-15-25-40(45(41)47)36-28-29-39(35-22-11-10-21-34(35)36)44-30-43(48-46(49-44)32-18-7-4-8-19-32)38-24-12-9-20-33(38)31-16-5-3-6-17-31/h3-30H,1-2H3. The molecule has 0 radical (unpaired) electrons. The van der Waals surface area contributed by atoms with Gasteiger partial charge < -0.3 is 0 Å². The Morgan fingerprint density at radius 1 is 0.367 bits per heavy atom. The molecule has 0 bridgehead atoms. The van der Waals surface area contributed by atoms with E-state index in [1.54, 1.807) is 0 Å². The molecule has 0 amide bonds. The highest BCUT2D eigenvalue weighted by Crippen LogP contribution is 2.53. The van der Waals surface area contributed by atoms with E-state index < -0.39 is 0 Å². The number of nitrogens with zero attached hydrogens (tertiary/aromatic N) is 2. The summed E-state index contributed by atoms with van der Waals surface area (Å²) in [5, 5.41) is 2.39. The van der Waals surface area contributed by atoms with Gasteiger partial charge in [-0.05, 0) is 61.3 Å². The average Bonchev–Trinajstić information content (AvgIpc) is 3.41. The van der Waals surface area contributed by atoms with Gasteiger partial charge in [-0.3, -0.25) is 0 Å². The molecule has 9 rings (SSSR count). The van der Waals surface area contributed by atoms with E-state index in [4.69, 9.17) is 9.97 Å². The second-order valence-corrected chi connectivity index (χ2v) is 13.3. The molecule has 2 nitrogen and oxygen atoms in total. The fourth-order valence-electron chi connectivity index (χ4n) is 7.84. The van der Waals surface area contributed by atoms with Crippen LogP contribution in [0.2, 0.25) is 0 Å². The molecule has 1 aromatic heterocycles. The van der Waals surface area contributed by atoms with Gasteiger partial charge in [0.15, 0.2) is 5.82 Å². The van der Waals surface area contributed by atoms with Gasteiger partial charge in [0.25, 0.3) is 0 Å². The highest BCUT2D eigenvalue weighted by molar-refractivity contribution is 6.06. The van der Waals surface area contributed by atoms with Crippen molar-refractivity contribution < 1.29 is 0 Å². The number of benzene rings is 7. The van der Waals surface area contributed by atoms with Crippen molar-refractivity contribution in [3.8, 4) is 67.3 Å². The first-order chi connectivity index (χ1) is 24.1. The number of hydrogen-bond acceptors (Lipinski definition) is 2. The van der Waals surface area contributed by atoms with Crippen LogP contribution in [-0.2, 0) is 5.41 Å². The first-order valence-corrected chi connectivity index (χ1v) is 16.9. The van der Waals surface area contributed by atoms with Crippen molar-refractivity contribution in [1.82, 2.24) is 9.97 Å². The quantitative estimate of drug-likeness (QED) is 0.190. The summed E-state index contributed by atoms with van der Waals surface area (Å²) < 4.78 is 0. The van der Waals surface area contributed by atoms with E-state index in [1.807, 2.05) is 18.2 Å². The van der Waals surface area contributed by atoms with E-state index in [2.05, 4.69) is 166 Å². The van der Waals surface area contributed by atoms with Crippen molar-refractivity contribution >= 4 is 10.8 Å². The zero-order valence-corrected chi connectivity index (χ0v) is 27.6. The minimum Gasteiger partial charge on any atom is -0.228 e. The Labute approximate surface area is 287 Å². The van der Waals surface area contributed by atoms with Crippen molar-refractivity contribution in [2.75, 3.05) is 0 Å². The van der Waals surface area contributed by atoms with E-state index in [9.17, 15) is 0 Å². The Balaban J connectivity index is 1.26. The fraction of sp³-hybridized carbons (Fsp3) is 0.0638. The summed E-state index contributed by atoms with van der Waals surface area (Å²) in [6.45, 7) is 4.72. The van der Waals surface area contributed by atoms with Crippen LogP contribution < -0.4 is 0 Å². The van der Waals surface area contributed by atoms with Crippen molar-refractivity contribution in [3.63, 3.8) is 0 Å². The molecular formula is C47H34N2. The monoisotopic (exact) mass is 626 g/mol. The zero-order valence-electron chi connectivity index (χ0n) is 27.6. The third-order valence-corrected chi connectivity index (χ3v) is 10.1. The number of rotatable bonds is 5. The van der Waals surface area contributed by atoms with Crippen LogP contribution in [0.3, 0.4) is 0 Å². The van der Waals surface area contributed by atoms with Gasteiger partial charge in [0, 0.05) is 22.1 Å². The molecule has 49 heavy (non-hydrogen) atoms. The minimum absolute atomic E-state index is 0.111. The van der Waals surface area contributed by atoms with Gasteiger partial charge in [-0.2, -0.15) is 0 Å². The summed E-state index contributed by atoms with van der Waals surface area (Å²) in [6.07, 6.45) is 0. The van der Waals surface area contributed by atoms with Crippen LogP contribution in [0.25, 0.3) is 78.1 Å². The molecule has 1 aliphatic carbocycles. The summed E-state index contributed by atoms with van der Waals surface area (Å²) in [6, 6.07) is 60.5. The molecular weight excluding hydrogens is 593 g/mol. The maximum absolute atomic E-state index is 5.25.